The average Bonchev–Trinajstić information content (AvgIpc) is 3.15. The third kappa shape index (κ3) is 9.32. The minimum atomic E-state index is 0.999. The van der Waals surface area contributed by atoms with E-state index in [0.29, 0.717) is 0 Å². The van der Waals surface area contributed by atoms with Gasteiger partial charge in [0.15, 0.2) is 5.71 Å². The standard InChI is InChI=1S/C45H59N4/c1-9-46(10-2)40-28-20-36(21-29-40)44(37-22-30-41(31-23-37)47(11-3)12-4)18-17-19-45(38-24-32-42(33-25-38)48(13-5)14-6)39-26-34-43(35-27-39)49(15-7)16-8/h17-35H,9-16H2,1-8H3/q+1. The maximum atomic E-state index is 2.39. The molecule has 0 radical (unpaired) electrons. The van der Waals surface area contributed by atoms with Crippen molar-refractivity contribution >= 4 is 33.9 Å². The first-order valence-electron chi connectivity index (χ1n) is 18.6. The van der Waals surface area contributed by atoms with Crippen LogP contribution in [-0.4, -0.2) is 62.6 Å². The van der Waals surface area contributed by atoms with E-state index >= 15 is 0 Å². The number of hydrogen-bond donors (Lipinski definition) is 0. The van der Waals surface area contributed by atoms with Crippen molar-refractivity contribution in [3.05, 3.63) is 138 Å². The van der Waals surface area contributed by atoms with Gasteiger partial charge in [0.05, 0.1) is 0 Å². The zero-order valence-corrected chi connectivity index (χ0v) is 31.4. The van der Waals surface area contributed by atoms with E-state index in [9.17, 15) is 0 Å². The van der Waals surface area contributed by atoms with Crippen molar-refractivity contribution in [1.29, 1.82) is 0 Å². The first kappa shape index (κ1) is 37.3. The molecule has 0 unspecified atom stereocenters. The summed E-state index contributed by atoms with van der Waals surface area (Å²) in [6, 6.07) is 27.2. The highest BCUT2D eigenvalue weighted by Gasteiger charge is 2.13. The number of anilines is 3. The predicted molar refractivity (Wildman–Crippen MR) is 218 cm³/mol. The Morgan fingerprint density at radius 3 is 1.20 bits per heavy atom. The van der Waals surface area contributed by atoms with Gasteiger partial charge >= 0.3 is 0 Å². The monoisotopic (exact) mass is 655 g/mol. The van der Waals surface area contributed by atoms with Crippen LogP contribution in [0.2, 0.25) is 0 Å². The van der Waals surface area contributed by atoms with Crippen LogP contribution in [0.5, 0.6) is 0 Å². The summed E-state index contributed by atoms with van der Waals surface area (Å²) in [6.07, 6.45) is 15.9. The van der Waals surface area contributed by atoms with Crippen molar-refractivity contribution in [2.75, 3.05) is 67.1 Å². The van der Waals surface area contributed by atoms with Crippen LogP contribution in [0.3, 0.4) is 0 Å². The maximum Gasteiger partial charge on any atom is 0.199 e. The summed E-state index contributed by atoms with van der Waals surface area (Å²) in [6.45, 7) is 25.7. The molecule has 0 saturated carbocycles. The molecular weight excluding hydrogens is 597 g/mol. The highest BCUT2D eigenvalue weighted by Crippen LogP contribution is 2.30. The van der Waals surface area contributed by atoms with Gasteiger partial charge in [-0.15, -0.1) is 0 Å². The van der Waals surface area contributed by atoms with Crippen LogP contribution in [0, 0.1) is 0 Å². The van der Waals surface area contributed by atoms with E-state index in [0.717, 1.165) is 52.4 Å². The molecule has 0 bridgehead atoms. The third-order valence-electron chi connectivity index (χ3n) is 9.75. The van der Waals surface area contributed by atoms with E-state index in [1.807, 2.05) is 0 Å². The Morgan fingerprint density at radius 1 is 0.490 bits per heavy atom. The molecule has 0 spiro atoms. The van der Waals surface area contributed by atoms with Crippen LogP contribution in [-0.2, 0) is 0 Å². The summed E-state index contributed by atoms with van der Waals surface area (Å²) in [7, 11) is 0. The lowest BCUT2D eigenvalue weighted by atomic mass is 9.94. The number of benzene rings is 3. The van der Waals surface area contributed by atoms with Crippen molar-refractivity contribution in [3.8, 4) is 0 Å². The van der Waals surface area contributed by atoms with Crippen molar-refractivity contribution in [2.45, 2.75) is 55.4 Å². The fourth-order valence-corrected chi connectivity index (χ4v) is 6.72. The molecule has 258 valence electrons. The third-order valence-corrected chi connectivity index (χ3v) is 9.75. The van der Waals surface area contributed by atoms with E-state index in [1.165, 1.54) is 56.2 Å². The van der Waals surface area contributed by atoms with Gasteiger partial charge in [-0.3, -0.25) is 0 Å². The van der Waals surface area contributed by atoms with E-state index in [1.54, 1.807) is 0 Å². The topological polar surface area (TPSA) is 12.7 Å². The summed E-state index contributed by atoms with van der Waals surface area (Å²) < 4.78 is 2.39. The molecule has 0 amide bonds. The van der Waals surface area contributed by atoms with Gasteiger partial charge in [-0.1, -0.05) is 54.6 Å². The van der Waals surface area contributed by atoms with Gasteiger partial charge in [0.1, 0.15) is 13.1 Å². The summed E-state index contributed by atoms with van der Waals surface area (Å²) in [5.74, 6) is 0. The molecule has 1 aliphatic rings. The van der Waals surface area contributed by atoms with E-state index in [2.05, 4.69) is 190 Å². The summed E-state index contributed by atoms with van der Waals surface area (Å²) in [5, 5.41) is 0. The van der Waals surface area contributed by atoms with Crippen LogP contribution in [0.15, 0.2) is 121 Å². The summed E-state index contributed by atoms with van der Waals surface area (Å²) in [5.41, 5.74) is 12.3. The molecule has 0 aromatic heterocycles. The SMILES string of the molecule is CCN(CC)c1ccc(C(=CC=CC(=C2C=CC(=[N+](CC)CC)C=C2)c2ccc(N(CC)CC)cc2)c2ccc(N(CC)CC)cc2)cc1. The zero-order chi connectivity index (χ0) is 35.2. The Morgan fingerprint density at radius 2 is 0.857 bits per heavy atom. The van der Waals surface area contributed by atoms with E-state index < -0.39 is 0 Å². The molecule has 0 heterocycles. The summed E-state index contributed by atoms with van der Waals surface area (Å²) in [4.78, 5) is 7.18. The normalized spacial score (nSPS) is 12.4. The number of allylic oxidation sites excluding steroid dienone is 9. The fraction of sp³-hybridized carbons (Fsp3) is 0.356. The second-order valence-electron chi connectivity index (χ2n) is 12.2. The Balaban J connectivity index is 1.81. The van der Waals surface area contributed by atoms with Gasteiger partial charge in [0, 0.05) is 68.5 Å². The molecule has 0 fully saturated rings. The molecule has 0 N–H and O–H groups in total. The van der Waals surface area contributed by atoms with E-state index in [4.69, 9.17) is 0 Å². The van der Waals surface area contributed by atoms with E-state index in [-0.39, 0.29) is 0 Å². The second-order valence-corrected chi connectivity index (χ2v) is 12.2. The molecule has 1 aliphatic carbocycles. The van der Waals surface area contributed by atoms with Crippen LogP contribution < -0.4 is 14.7 Å². The predicted octanol–water partition coefficient (Wildman–Crippen LogP) is 10.3. The molecular formula is C45H59N4+. The Kier molecular flexibility index (Phi) is 14.3. The Hall–Kier alpha value is -4.57. The van der Waals surface area contributed by atoms with Gasteiger partial charge in [-0.05, 0) is 137 Å². The molecule has 4 heteroatoms. The fourth-order valence-electron chi connectivity index (χ4n) is 6.72. The van der Waals surface area contributed by atoms with Gasteiger partial charge in [-0.2, -0.15) is 0 Å². The van der Waals surface area contributed by atoms with Crippen LogP contribution in [0.1, 0.15) is 72.1 Å². The lowest BCUT2D eigenvalue weighted by Crippen LogP contribution is -2.21. The van der Waals surface area contributed by atoms with Gasteiger partial charge in [0.2, 0.25) is 0 Å². The summed E-state index contributed by atoms with van der Waals surface area (Å²) >= 11 is 0. The molecule has 3 aromatic carbocycles. The smallest absolute Gasteiger partial charge is 0.199 e. The van der Waals surface area contributed by atoms with Crippen molar-refractivity contribution in [1.82, 2.24) is 0 Å². The van der Waals surface area contributed by atoms with Crippen LogP contribution in [0.4, 0.5) is 17.1 Å². The van der Waals surface area contributed by atoms with Gasteiger partial charge in [0.25, 0.3) is 0 Å². The molecule has 4 rings (SSSR count). The lowest BCUT2D eigenvalue weighted by Gasteiger charge is -2.22. The van der Waals surface area contributed by atoms with Crippen molar-refractivity contribution in [3.63, 3.8) is 0 Å². The molecule has 3 aromatic rings. The first-order valence-corrected chi connectivity index (χ1v) is 18.6. The number of rotatable bonds is 16. The van der Waals surface area contributed by atoms with Gasteiger partial charge < -0.3 is 14.7 Å². The average molecular weight is 656 g/mol. The molecule has 0 atom stereocenters. The quantitative estimate of drug-likeness (QED) is 0.113. The molecule has 0 saturated heterocycles. The van der Waals surface area contributed by atoms with Crippen molar-refractivity contribution in [2.24, 2.45) is 0 Å². The minimum absolute atomic E-state index is 0.999. The first-order chi connectivity index (χ1) is 23.9. The number of nitrogens with zero attached hydrogens (tertiary/aromatic N) is 4. The molecule has 0 aliphatic heterocycles. The Bertz CT molecular complexity index is 1570. The van der Waals surface area contributed by atoms with Crippen LogP contribution in [0.25, 0.3) is 11.1 Å². The number of hydrogen-bond acceptors (Lipinski definition) is 3. The minimum Gasteiger partial charge on any atom is -0.372 e. The zero-order valence-electron chi connectivity index (χ0n) is 31.4. The van der Waals surface area contributed by atoms with Gasteiger partial charge in [-0.25, -0.2) is 4.58 Å². The molecule has 4 nitrogen and oxygen atoms in total. The molecule has 49 heavy (non-hydrogen) atoms. The Labute approximate surface area is 297 Å². The maximum absolute atomic E-state index is 2.39. The highest BCUT2D eigenvalue weighted by atomic mass is 15.1. The van der Waals surface area contributed by atoms with Crippen LogP contribution >= 0.6 is 0 Å². The lowest BCUT2D eigenvalue weighted by molar-refractivity contribution is -0.519. The second kappa shape index (κ2) is 18.8. The van der Waals surface area contributed by atoms with Crippen molar-refractivity contribution < 1.29 is 4.58 Å². The highest BCUT2D eigenvalue weighted by molar-refractivity contribution is 6.03. The largest absolute Gasteiger partial charge is 0.372 e.